The Morgan fingerprint density at radius 1 is 0.770 bits per heavy atom. The Bertz CT molecular complexity index is 3370. The van der Waals surface area contributed by atoms with Gasteiger partial charge < -0.3 is 38.6 Å². The number of nitrogens with one attached hydrogen (secondary N) is 2. The van der Waals surface area contributed by atoms with Gasteiger partial charge in [0, 0.05) is 94.1 Å². The second-order valence-corrected chi connectivity index (χ2v) is 21.2. The molecule has 7 amide bonds. The van der Waals surface area contributed by atoms with Crippen LogP contribution in [0.15, 0.2) is 66.7 Å². The van der Waals surface area contributed by atoms with Crippen LogP contribution in [-0.4, -0.2) is 124 Å². The molecule has 0 aliphatic carbocycles. The average Bonchev–Trinajstić information content (AvgIpc) is 4.18. The zero-order valence-corrected chi connectivity index (χ0v) is 42.2. The Labute approximate surface area is 428 Å². The zero-order chi connectivity index (χ0) is 51.2. The first-order chi connectivity index (χ1) is 35.9. The minimum atomic E-state index is -1.03. The highest BCUT2D eigenvalue weighted by atomic mass is 16.6. The van der Waals surface area contributed by atoms with E-state index in [1.165, 1.54) is 0 Å². The van der Waals surface area contributed by atoms with E-state index in [0.29, 0.717) is 57.7 Å². The quantitative estimate of drug-likeness (QED) is 0.0785. The van der Waals surface area contributed by atoms with Crippen molar-refractivity contribution in [2.45, 2.75) is 127 Å². The van der Waals surface area contributed by atoms with E-state index in [1.807, 2.05) is 46.0 Å². The number of benzene rings is 4. The summed E-state index contributed by atoms with van der Waals surface area (Å²) in [7, 11) is 3.62. The van der Waals surface area contributed by atoms with Crippen LogP contribution in [0.4, 0.5) is 5.69 Å². The summed E-state index contributed by atoms with van der Waals surface area (Å²) in [4.78, 5) is 99.3. The highest BCUT2D eigenvalue weighted by Gasteiger charge is 2.55. The van der Waals surface area contributed by atoms with Gasteiger partial charge in [0.2, 0.25) is 23.6 Å². The molecule has 5 atom stereocenters. The van der Waals surface area contributed by atoms with Crippen LogP contribution in [0.5, 0.6) is 0 Å². The second kappa shape index (κ2) is 18.7. The van der Waals surface area contributed by atoms with E-state index >= 15 is 0 Å². The maximum Gasteiger partial charge on any atom is 0.264 e. The number of unbranched alkanes of at least 4 members (excludes halogenated alkanes) is 7. The number of imide groups is 2. The minimum Gasteiger partial charge on any atom is -0.374 e. The molecule has 8 heterocycles. The third-order valence-corrected chi connectivity index (χ3v) is 17.0. The van der Waals surface area contributed by atoms with Crippen LogP contribution in [-0.2, 0) is 40.9 Å². The van der Waals surface area contributed by atoms with Crippen molar-refractivity contribution in [1.82, 2.24) is 34.5 Å². The molecule has 17 heteroatoms. The SMILES string of the molecule is CO[C@@H]1[C@H](N(C)C(=O)CCCCCCCCCCC(=O)N2CCN(c3cccc4c3C(=O)N(C3CCC(=O)NC3=O)C4=O)CC2)C[C@H]2O[C@]1(C)n1c3ccccc3c3c4c(c5c6ccccc6n2c5c31)C(=O)NC4. The summed E-state index contributed by atoms with van der Waals surface area (Å²) >= 11 is 0. The molecule has 0 spiro atoms. The van der Waals surface area contributed by atoms with Crippen molar-refractivity contribution in [3.63, 3.8) is 0 Å². The van der Waals surface area contributed by atoms with Crippen molar-refractivity contribution in [2.24, 2.45) is 0 Å². The van der Waals surface area contributed by atoms with Gasteiger partial charge in [0.05, 0.1) is 50.5 Å². The topological polar surface area (TPSA) is 185 Å². The highest BCUT2D eigenvalue weighted by molar-refractivity contribution is 6.31. The van der Waals surface area contributed by atoms with Gasteiger partial charge in [0.15, 0.2) is 5.72 Å². The molecule has 3 fully saturated rings. The van der Waals surface area contributed by atoms with Crippen LogP contribution in [0, 0.1) is 0 Å². The summed E-state index contributed by atoms with van der Waals surface area (Å²) in [6.45, 7) is 4.57. The number of piperazine rings is 1. The van der Waals surface area contributed by atoms with Crippen molar-refractivity contribution >= 4 is 90.6 Å². The van der Waals surface area contributed by atoms with E-state index in [2.05, 4.69) is 51.0 Å². The van der Waals surface area contributed by atoms with Crippen molar-refractivity contribution in [2.75, 3.05) is 45.2 Å². The van der Waals surface area contributed by atoms with Gasteiger partial charge in [-0.15, -0.1) is 0 Å². The van der Waals surface area contributed by atoms with Crippen LogP contribution in [0.25, 0.3) is 43.6 Å². The fourth-order valence-electron chi connectivity index (χ4n) is 13.5. The molecule has 17 nitrogen and oxygen atoms in total. The summed E-state index contributed by atoms with van der Waals surface area (Å²) in [5.41, 5.74) is 5.84. The number of hydrogen-bond donors (Lipinski definition) is 2. The van der Waals surface area contributed by atoms with E-state index in [0.717, 1.165) is 111 Å². The van der Waals surface area contributed by atoms with Crippen LogP contribution < -0.4 is 15.5 Å². The van der Waals surface area contributed by atoms with E-state index in [-0.39, 0.29) is 47.7 Å². The van der Waals surface area contributed by atoms with Crippen LogP contribution in [0.1, 0.15) is 133 Å². The van der Waals surface area contributed by atoms with Gasteiger partial charge in [-0.25, -0.2) is 0 Å². The van der Waals surface area contributed by atoms with Crippen molar-refractivity contribution in [1.29, 1.82) is 0 Å². The molecule has 384 valence electrons. The molecule has 2 N–H and O–H groups in total. The van der Waals surface area contributed by atoms with Crippen molar-refractivity contribution < 1.29 is 43.0 Å². The molecule has 0 radical (unpaired) electrons. The molecular formula is C57H62N8O9. The Morgan fingerprint density at radius 2 is 1.45 bits per heavy atom. The summed E-state index contributed by atoms with van der Waals surface area (Å²) < 4.78 is 18.4. The molecule has 6 aliphatic rings. The fourth-order valence-corrected chi connectivity index (χ4v) is 13.5. The van der Waals surface area contributed by atoms with E-state index in [1.54, 1.807) is 25.3 Å². The average molecular weight is 1000 g/mol. The van der Waals surface area contributed by atoms with Gasteiger partial charge in [0.25, 0.3) is 17.7 Å². The normalized spacial score (nSPS) is 23.3. The largest absolute Gasteiger partial charge is 0.374 e. The van der Waals surface area contributed by atoms with Crippen molar-refractivity contribution in [3.8, 4) is 0 Å². The number of carbonyl (C=O) groups excluding carboxylic acids is 7. The monoisotopic (exact) mass is 1000 g/mol. The number of piperidine rings is 1. The molecule has 12 rings (SSSR count). The minimum absolute atomic E-state index is 0.0595. The lowest BCUT2D eigenvalue weighted by molar-refractivity contribution is -0.266. The number of methoxy groups -OCH3 is 1. The number of fused-ring (bicyclic) bond motifs is 14. The zero-order valence-electron chi connectivity index (χ0n) is 42.2. The number of hydrogen-bond acceptors (Lipinski definition) is 10. The van der Waals surface area contributed by atoms with Crippen LogP contribution in [0.3, 0.4) is 0 Å². The Morgan fingerprint density at radius 3 is 2.16 bits per heavy atom. The first kappa shape index (κ1) is 47.9. The lowest BCUT2D eigenvalue weighted by atomic mass is 9.91. The van der Waals surface area contributed by atoms with Crippen LogP contribution >= 0.6 is 0 Å². The van der Waals surface area contributed by atoms with E-state index < -0.39 is 47.7 Å². The Balaban J connectivity index is 0.620. The molecule has 74 heavy (non-hydrogen) atoms. The van der Waals surface area contributed by atoms with Gasteiger partial charge in [-0.05, 0) is 56.0 Å². The second-order valence-electron chi connectivity index (χ2n) is 21.2. The molecule has 0 saturated carbocycles. The molecule has 3 saturated heterocycles. The predicted octanol–water partition coefficient (Wildman–Crippen LogP) is 7.24. The number of amides is 7. The molecule has 6 aliphatic heterocycles. The Hall–Kier alpha value is -7.11. The number of nitrogens with zero attached hydrogens (tertiary/aromatic N) is 6. The molecule has 6 aromatic rings. The number of anilines is 1. The number of likely N-dealkylation sites (N-methyl/N-ethyl adjacent to an activating group) is 1. The molecule has 2 bridgehead atoms. The lowest BCUT2D eigenvalue weighted by Crippen LogP contribution is -2.61. The standard InChI is InChI=1S/C57H62N8O9/c1-57-52(73-3)41(31-45(74-57)63-37-20-14-12-17-33(37)48-49-36(32-58-54(49)70)46-34-18-13-15-21-38(34)65(57)51(46)50(48)63)60(2)43(67)23-10-8-6-4-5-7-9-11-24-44(68)62-29-27-61(28-30-62)39-22-16-19-35-47(39)56(72)64(55(35)71)40-25-26-42(66)59-53(40)69/h12-22,40-41,45,52H,4-11,23-32H2,1-3H3,(H,58,70)(H,59,66,69)/t40?,41-,45-,52-,57+/m1/s1. The van der Waals surface area contributed by atoms with Gasteiger partial charge in [-0.3, -0.25) is 43.8 Å². The first-order valence-corrected chi connectivity index (χ1v) is 26.5. The van der Waals surface area contributed by atoms with Gasteiger partial charge in [-0.1, -0.05) is 81.0 Å². The van der Waals surface area contributed by atoms with Gasteiger partial charge in [0.1, 0.15) is 18.4 Å². The van der Waals surface area contributed by atoms with Gasteiger partial charge >= 0.3 is 0 Å². The van der Waals surface area contributed by atoms with Gasteiger partial charge in [-0.2, -0.15) is 0 Å². The maximum atomic E-state index is 14.2. The van der Waals surface area contributed by atoms with Crippen molar-refractivity contribution in [3.05, 3.63) is 89.0 Å². The van der Waals surface area contributed by atoms with E-state index in [4.69, 9.17) is 9.47 Å². The number of para-hydroxylation sites is 2. The fraction of sp³-hybridized carbons (Fsp3) is 0.456. The number of ether oxygens (including phenoxy) is 2. The third kappa shape index (κ3) is 7.42. The molecule has 2 aromatic heterocycles. The smallest absolute Gasteiger partial charge is 0.264 e. The van der Waals surface area contributed by atoms with E-state index in [9.17, 15) is 33.6 Å². The van der Waals surface area contributed by atoms with Crippen LogP contribution in [0.2, 0.25) is 0 Å². The third-order valence-electron chi connectivity index (χ3n) is 17.0. The number of aromatic nitrogens is 2. The predicted molar refractivity (Wildman–Crippen MR) is 277 cm³/mol. The summed E-state index contributed by atoms with van der Waals surface area (Å²) in [5.74, 6) is -1.98. The summed E-state index contributed by atoms with van der Waals surface area (Å²) in [6, 6.07) is 20.4. The summed E-state index contributed by atoms with van der Waals surface area (Å²) in [5, 5.41) is 9.44. The Kier molecular flexibility index (Phi) is 12.1. The molecular weight excluding hydrogens is 941 g/mol. The highest BCUT2D eigenvalue weighted by Crippen LogP contribution is 2.54. The first-order valence-electron chi connectivity index (χ1n) is 26.5. The number of carbonyl (C=O) groups is 7. The maximum absolute atomic E-state index is 14.2. The summed E-state index contributed by atoms with van der Waals surface area (Å²) in [6.07, 6.45) is 8.38. The number of rotatable bonds is 15. The molecule has 4 aromatic carbocycles. The lowest BCUT2D eigenvalue weighted by Gasteiger charge is -2.50. The molecule has 1 unspecified atom stereocenters.